The maximum Gasteiger partial charge on any atom is 0.0594 e. The summed E-state index contributed by atoms with van der Waals surface area (Å²) in [6.07, 6.45) is 5.55. The Labute approximate surface area is 108 Å². The molecule has 0 bridgehead atoms. The van der Waals surface area contributed by atoms with Crippen molar-refractivity contribution in [3.8, 4) is 0 Å². The van der Waals surface area contributed by atoms with Crippen molar-refractivity contribution in [3.05, 3.63) is 0 Å². The normalized spacial score (nSPS) is 17.8. The molecule has 96 valence electrons. The maximum absolute atomic E-state index is 5.33. The highest BCUT2D eigenvalue weighted by atomic mass is 33.1. The summed E-state index contributed by atoms with van der Waals surface area (Å²) < 4.78 is 5.33. The molecule has 4 heteroatoms. The second-order valence-electron chi connectivity index (χ2n) is 4.16. The predicted octanol–water partition coefficient (Wildman–Crippen LogP) is 3.28. The fourth-order valence-electron chi connectivity index (χ4n) is 1.70. The first-order valence-electron chi connectivity index (χ1n) is 6.48. The zero-order valence-corrected chi connectivity index (χ0v) is 12.1. The standard InChI is InChI=1S/C12H25NOS2/c1-2-3-4-5-11-15-16-12-8-13-6-9-14-10-7-13/h2-12H2,1H3. The fourth-order valence-corrected chi connectivity index (χ4v) is 3.87. The largest absolute Gasteiger partial charge is 0.379 e. The Hall–Kier alpha value is 0.620. The Morgan fingerprint density at radius 2 is 1.75 bits per heavy atom. The summed E-state index contributed by atoms with van der Waals surface area (Å²) in [7, 11) is 4.09. The molecule has 0 unspecified atom stereocenters. The van der Waals surface area contributed by atoms with Crippen molar-refractivity contribution >= 4 is 21.6 Å². The van der Waals surface area contributed by atoms with Crippen LogP contribution >= 0.6 is 21.6 Å². The Bertz CT molecular complexity index is 152. The molecule has 1 heterocycles. The van der Waals surface area contributed by atoms with Gasteiger partial charge in [-0.1, -0.05) is 47.8 Å². The van der Waals surface area contributed by atoms with Gasteiger partial charge in [-0.05, 0) is 6.42 Å². The van der Waals surface area contributed by atoms with Gasteiger partial charge in [-0.15, -0.1) is 0 Å². The molecule has 1 saturated heterocycles. The van der Waals surface area contributed by atoms with Crippen LogP contribution in [0.5, 0.6) is 0 Å². The molecule has 1 aliphatic rings. The quantitative estimate of drug-likeness (QED) is 0.467. The van der Waals surface area contributed by atoms with Crippen LogP contribution in [0.2, 0.25) is 0 Å². The van der Waals surface area contributed by atoms with Gasteiger partial charge in [0, 0.05) is 31.1 Å². The van der Waals surface area contributed by atoms with Crippen molar-refractivity contribution in [2.75, 3.05) is 44.4 Å². The third-order valence-electron chi connectivity index (χ3n) is 2.76. The van der Waals surface area contributed by atoms with Gasteiger partial charge < -0.3 is 4.74 Å². The van der Waals surface area contributed by atoms with Crippen LogP contribution in [0.25, 0.3) is 0 Å². The Morgan fingerprint density at radius 3 is 2.50 bits per heavy atom. The summed E-state index contributed by atoms with van der Waals surface area (Å²) in [5, 5.41) is 0. The summed E-state index contributed by atoms with van der Waals surface area (Å²) in [6, 6.07) is 0. The molecule has 0 aromatic heterocycles. The van der Waals surface area contributed by atoms with E-state index >= 15 is 0 Å². The van der Waals surface area contributed by atoms with Gasteiger partial charge in [0.15, 0.2) is 0 Å². The topological polar surface area (TPSA) is 12.5 Å². The number of hydrogen-bond donors (Lipinski definition) is 0. The molecule has 0 spiro atoms. The van der Waals surface area contributed by atoms with Crippen LogP contribution < -0.4 is 0 Å². The second-order valence-corrected chi connectivity index (χ2v) is 6.86. The molecular weight excluding hydrogens is 238 g/mol. The Balaban J connectivity index is 1.77. The molecule has 0 aliphatic carbocycles. The van der Waals surface area contributed by atoms with Crippen LogP contribution in [-0.2, 0) is 4.74 Å². The van der Waals surface area contributed by atoms with E-state index in [9.17, 15) is 0 Å². The molecule has 0 atom stereocenters. The summed E-state index contributed by atoms with van der Waals surface area (Å²) in [4.78, 5) is 2.51. The van der Waals surface area contributed by atoms with Crippen molar-refractivity contribution < 1.29 is 4.74 Å². The number of ether oxygens (including phenoxy) is 1. The molecule has 0 saturated carbocycles. The molecule has 1 aliphatic heterocycles. The molecule has 16 heavy (non-hydrogen) atoms. The van der Waals surface area contributed by atoms with Crippen LogP contribution in [-0.4, -0.2) is 49.3 Å². The number of rotatable bonds is 9. The predicted molar refractivity (Wildman–Crippen MR) is 76.3 cm³/mol. The van der Waals surface area contributed by atoms with Gasteiger partial charge in [-0.3, -0.25) is 4.90 Å². The molecule has 0 aromatic carbocycles. The third-order valence-corrected chi connectivity index (χ3v) is 5.23. The summed E-state index contributed by atoms with van der Waals surface area (Å²) >= 11 is 0. The highest BCUT2D eigenvalue weighted by Gasteiger charge is 2.08. The monoisotopic (exact) mass is 263 g/mol. The van der Waals surface area contributed by atoms with Gasteiger partial charge in [-0.2, -0.15) is 0 Å². The van der Waals surface area contributed by atoms with Crippen molar-refractivity contribution in [3.63, 3.8) is 0 Å². The van der Waals surface area contributed by atoms with Crippen LogP contribution in [0.4, 0.5) is 0 Å². The zero-order valence-electron chi connectivity index (χ0n) is 10.5. The van der Waals surface area contributed by atoms with E-state index in [2.05, 4.69) is 22.6 Å². The zero-order chi connectivity index (χ0) is 11.5. The lowest BCUT2D eigenvalue weighted by molar-refractivity contribution is 0.0410. The number of nitrogens with zero attached hydrogens (tertiary/aromatic N) is 1. The number of hydrogen-bond acceptors (Lipinski definition) is 4. The van der Waals surface area contributed by atoms with Gasteiger partial charge in [0.1, 0.15) is 0 Å². The van der Waals surface area contributed by atoms with E-state index in [1.807, 2.05) is 10.8 Å². The van der Waals surface area contributed by atoms with E-state index in [4.69, 9.17) is 4.74 Å². The van der Waals surface area contributed by atoms with E-state index < -0.39 is 0 Å². The molecule has 0 aromatic rings. The minimum absolute atomic E-state index is 0.925. The van der Waals surface area contributed by atoms with Gasteiger partial charge in [0.05, 0.1) is 13.2 Å². The van der Waals surface area contributed by atoms with E-state index in [1.54, 1.807) is 0 Å². The summed E-state index contributed by atoms with van der Waals surface area (Å²) in [5.74, 6) is 2.59. The van der Waals surface area contributed by atoms with Crippen LogP contribution in [0.3, 0.4) is 0 Å². The first kappa shape index (κ1) is 14.7. The smallest absolute Gasteiger partial charge is 0.0594 e. The molecule has 0 amide bonds. The first-order valence-corrected chi connectivity index (χ1v) is 8.97. The van der Waals surface area contributed by atoms with Crippen molar-refractivity contribution in [2.45, 2.75) is 32.6 Å². The minimum Gasteiger partial charge on any atom is -0.379 e. The number of morpholine rings is 1. The Kier molecular flexibility index (Phi) is 9.87. The molecule has 1 rings (SSSR count). The lowest BCUT2D eigenvalue weighted by Crippen LogP contribution is -2.37. The van der Waals surface area contributed by atoms with Gasteiger partial charge in [-0.25, -0.2) is 0 Å². The minimum atomic E-state index is 0.925. The molecule has 0 N–H and O–H groups in total. The molecule has 1 fully saturated rings. The highest BCUT2D eigenvalue weighted by molar-refractivity contribution is 8.76. The van der Waals surface area contributed by atoms with Crippen LogP contribution in [0.15, 0.2) is 0 Å². The molecule has 2 nitrogen and oxygen atoms in total. The van der Waals surface area contributed by atoms with E-state index in [0.717, 1.165) is 26.3 Å². The van der Waals surface area contributed by atoms with Crippen molar-refractivity contribution in [1.82, 2.24) is 4.90 Å². The summed E-state index contributed by atoms with van der Waals surface area (Å²) in [6.45, 7) is 7.60. The van der Waals surface area contributed by atoms with Crippen molar-refractivity contribution in [1.29, 1.82) is 0 Å². The van der Waals surface area contributed by atoms with Gasteiger partial charge >= 0.3 is 0 Å². The van der Waals surface area contributed by atoms with Gasteiger partial charge in [0.2, 0.25) is 0 Å². The van der Waals surface area contributed by atoms with E-state index in [0.29, 0.717) is 0 Å². The maximum atomic E-state index is 5.33. The first-order chi connectivity index (χ1) is 7.93. The SMILES string of the molecule is CCCCCCSSCCN1CCOCC1. The van der Waals surface area contributed by atoms with Crippen molar-refractivity contribution in [2.24, 2.45) is 0 Å². The van der Waals surface area contributed by atoms with Crippen LogP contribution in [0, 0.1) is 0 Å². The lowest BCUT2D eigenvalue weighted by atomic mass is 10.2. The fraction of sp³-hybridized carbons (Fsp3) is 1.00. The highest BCUT2D eigenvalue weighted by Crippen LogP contribution is 2.22. The van der Waals surface area contributed by atoms with Gasteiger partial charge in [0.25, 0.3) is 0 Å². The average Bonchev–Trinajstić information content (AvgIpc) is 2.34. The Morgan fingerprint density at radius 1 is 1.00 bits per heavy atom. The number of unbranched alkanes of at least 4 members (excludes halogenated alkanes) is 3. The third kappa shape index (κ3) is 7.82. The second kappa shape index (κ2) is 10.8. The lowest BCUT2D eigenvalue weighted by Gasteiger charge is -2.26. The molecule has 0 radical (unpaired) electrons. The van der Waals surface area contributed by atoms with E-state index in [-0.39, 0.29) is 0 Å². The van der Waals surface area contributed by atoms with E-state index in [1.165, 1.54) is 43.7 Å². The average molecular weight is 263 g/mol. The molecular formula is C12H25NOS2. The summed E-state index contributed by atoms with van der Waals surface area (Å²) in [5.41, 5.74) is 0. The van der Waals surface area contributed by atoms with Crippen LogP contribution in [0.1, 0.15) is 32.6 Å².